The van der Waals surface area contributed by atoms with Crippen molar-refractivity contribution >= 4 is 5.91 Å². The van der Waals surface area contributed by atoms with Gasteiger partial charge in [-0.15, -0.1) is 0 Å². The number of amides is 1. The van der Waals surface area contributed by atoms with Crippen molar-refractivity contribution in [2.45, 2.75) is 38.6 Å². The fourth-order valence-corrected chi connectivity index (χ4v) is 2.17. The maximum atomic E-state index is 12.0. The van der Waals surface area contributed by atoms with Gasteiger partial charge in [0.15, 0.2) is 0 Å². The summed E-state index contributed by atoms with van der Waals surface area (Å²) in [5.74, 6) is 0.252. The van der Waals surface area contributed by atoms with Gasteiger partial charge in [-0.05, 0) is 50.3 Å². The highest BCUT2D eigenvalue weighted by atomic mass is 16.5. The lowest BCUT2D eigenvalue weighted by molar-refractivity contribution is -0.118. The molecule has 108 valence electrons. The van der Waals surface area contributed by atoms with Crippen LogP contribution in [0.1, 0.15) is 31.7 Å². The van der Waals surface area contributed by atoms with E-state index in [1.807, 2.05) is 19.1 Å². The molecule has 4 heteroatoms. The number of carbonyl (C=O) groups is 1. The van der Waals surface area contributed by atoms with Crippen LogP contribution >= 0.6 is 0 Å². The van der Waals surface area contributed by atoms with E-state index in [0.717, 1.165) is 36.8 Å². The third kappa shape index (κ3) is 4.30. The average Bonchev–Trinajstić information content (AvgIpc) is 2.47. The van der Waals surface area contributed by atoms with Gasteiger partial charge in [0.1, 0.15) is 5.75 Å². The molecule has 1 atom stereocenters. The standard InChI is InChI=1S/C16H21NO3/c1-12(4-5-13-6-8-15(18)9-7-13)17-16(19)14-3-2-10-20-11-14/h6-9,11-12,18H,2-5,10H2,1H3,(H,17,19)/t12-/m1/s1. The van der Waals surface area contributed by atoms with Gasteiger partial charge in [-0.3, -0.25) is 4.79 Å². The van der Waals surface area contributed by atoms with E-state index in [1.54, 1.807) is 18.4 Å². The predicted molar refractivity (Wildman–Crippen MR) is 77.3 cm³/mol. The van der Waals surface area contributed by atoms with Gasteiger partial charge in [-0.2, -0.15) is 0 Å². The summed E-state index contributed by atoms with van der Waals surface area (Å²) in [6, 6.07) is 7.29. The number of rotatable bonds is 5. The smallest absolute Gasteiger partial charge is 0.250 e. The zero-order valence-electron chi connectivity index (χ0n) is 11.8. The molecule has 1 aromatic rings. The minimum Gasteiger partial charge on any atom is -0.508 e. The maximum Gasteiger partial charge on any atom is 0.250 e. The van der Waals surface area contributed by atoms with Crippen LogP contribution in [0.2, 0.25) is 0 Å². The van der Waals surface area contributed by atoms with Gasteiger partial charge >= 0.3 is 0 Å². The Hall–Kier alpha value is -1.97. The molecule has 20 heavy (non-hydrogen) atoms. The van der Waals surface area contributed by atoms with Crippen molar-refractivity contribution < 1.29 is 14.6 Å². The molecular formula is C16H21NO3. The molecule has 0 bridgehead atoms. The molecule has 0 radical (unpaired) electrons. The Labute approximate surface area is 119 Å². The van der Waals surface area contributed by atoms with E-state index in [1.165, 1.54) is 0 Å². The van der Waals surface area contributed by atoms with Crippen molar-refractivity contribution in [3.63, 3.8) is 0 Å². The first-order valence-corrected chi connectivity index (χ1v) is 7.04. The topological polar surface area (TPSA) is 58.6 Å². The van der Waals surface area contributed by atoms with Crippen molar-refractivity contribution in [1.29, 1.82) is 0 Å². The Kier molecular flexibility index (Phi) is 5.04. The van der Waals surface area contributed by atoms with E-state index in [4.69, 9.17) is 4.74 Å². The highest BCUT2D eigenvalue weighted by Gasteiger charge is 2.15. The largest absolute Gasteiger partial charge is 0.508 e. The molecule has 0 spiro atoms. The summed E-state index contributed by atoms with van der Waals surface area (Å²) in [4.78, 5) is 12.0. The normalized spacial score (nSPS) is 15.9. The molecule has 2 N–H and O–H groups in total. The second-order valence-corrected chi connectivity index (χ2v) is 5.20. The van der Waals surface area contributed by atoms with Gasteiger partial charge in [-0.25, -0.2) is 0 Å². The van der Waals surface area contributed by atoms with Crippen molar-refractivity contribution in [2.75, 3.05) is 6.61 Å². The van der Waals surface area contributed by atoms with Gasteiger partial charge in [0, 0.05) is 6.04 Å². The summed E-state index contributed by atoms with van der Waals surface area (Å²) in [5, 5.41) is 12.2. The number of phenolic OH excluding ortho intramolecular Hbond substituents is 1. The number of benzene rings is 1. The first-order valence-electron chi connectivity index (χ1n) is 7.04. The second-order valence-electron chi connectivity index (χ2n) is 5.20. The summed E-state index contributed by atoms with van der Waals surface area (Å²) in [6.45, 7) is 2.70. The first-order chi connectivity index (χ1) is 9.65. The molecule has 1 aliphatic heterocycles. The van der Waals surface area contributed by atoms with Crippen LogP contribution in [-0.4, -0.2) is 23.7 Å². The van der Waals surface area contributed by atoms with Gasteiger partial charge in [0.25, 0.3) is 5.91 Å². The van der Waals surface area contributed by atoms with E-state index in [-0.39, 0.29) is 17.7 Å². The van der Waals surface area contributed by atoms with Gasteiger partial charge in [0.2, 0.25) is 0 Å². The van der Waals surface area contributed by atoms with Crippen LogP contribution in [0.3, 0.4) is 0 Å². The van der Waals surface area contributed by atoms with Crippen LogP contribution in [0.4, 0.5) is 0 Å². The summed E-state index contributed by atoms with van der Waals surface area (Å²) < 4.78 is 5.18. The number of aromatic hydroxyl groups is 1. The number of aryl methyl sites for hydroxylation is 1. The van der Waals surface area contributed by atoms with Gasteiger partial charge < -0.3 is 15.2 Å². The molecule has 0 aliphatic carbocycles. The monoisotopic (exact) mass is 275 g/mol. The van der Waals surface area contributed by atoms with Crippen LogP contribution < -0.4 is 5.32 Å². The van der Waals surface area contributed by atoms with Crippen molar-refractivity contribution in [3.8, 4) is 5.75 Å². The van der Waals surface area contributed by atoms with Crippen LogP contribution in [-0.2, 0) is 16.0 Å². The van der Waals surface area contributed by atoms with Crippen LogP contribution in [0.25, 0.3) is 0 Å². The van der Waals surface area contributed by atoms with E-state index in [9.17, 15) is 9.90 Å². The summed E-state index contributed by atoms with van der Waals surface area (Å²) in [6.07, 6.45) is 5.01. The van der Waals surface area contributed by atoms with E-state index in [0.29, 0.717) is 6.61 Å². The minimum atomic E-state index is -0.0251. The number of carbonyl (C=O) groups excluding carboxylic acids is 1. The van der Waals surface area contributed by atoms with Gasteiger partial charge in [0.05, 0.1) is 18.4 Å². The highest BCUT2D eigenvalue weighted by Crippen LogP contribution is 2.14. The molecule has 0 aromatic heterocycles. The SMILES string of the molecule is C[C@H](CCc1ccc(O)cc1)NC(=O)C1=COCCC1. The minimum absolute atomic E-state index is 0.0251. The number of hydrogen-bond acceptors (Lipinski definition) is 3. The molecule has 2 rings (SSSR count). The maximum absolute atomic E-state index is 12.0. The Balaban J connectivity index is 1.77. The van der Waals surface area contributed by atoms with E-state index >= 15 is 0 Å². The number of phenols is 1. The lowest BCUT2D eigenvalue weighted by Crippen LogP contribution is -2.34. The Bertz CT molecular complexity index is 479. The lowest BCUT2D eigenvalue weighted by Gasteiger charge is -2.17. The number of ether oxygens (including phenoxy) is 1. The summed E-state index contributed by atoms with van der Waals surface area (Å²) in [5.41, 5.74) is 1.89. The Morgan fingerprint density at radius 1 is 1.40 bits per heavy atom. The van der Waals surface area contributed by atoms with Crippen LogP contribution in [0.15, 0.2) is 36.1 Å². The third-order valence-corrected chi connectivity index (χ3v) is 3.41. The quantitative estimate of drug-likeness (QED) is 0.868. The lowest BCUT2D eigenvalue weighted by atomic mass is 10.0. The molecule has 1 amide bonds. The van der Waals surface area contributed by atoms with Crippen LogP contribution in [0, 0.1) is 0 Å². The fraction of sp³-hybridized carbons (Fsp3) is 0.438. The molecule has 1 heterocycles. The summed E-state index contributed by atoms with van der Waals surface area (Å²) in [7, 11) is 0. The molecule has 0 fully saturated rings. The highest BCUT2D eigenvalue weighted by molar-refractivity contribution is 5.93. The Morgan fingerprint density at radius 2 is 2.15 bits per heavy atom. The van der Waals surface area contributed by atoms with Gasteiger partial charge in [-0.1, -0.05) is 12.1 Å². The fourth-order valence-electron chi connectivity index (χ4n) is 2.17. The van der Waals surface area contributed by atoms with Crippen molar-refractivity contribution in [1.82, 2.24) is 5.32 Å². The number of nitrogens with one attached hydrogen (secondary N) is 1. The average molecular weight is 275 g/mol. The molecule has 4 nitrogen and oxygen atoms in total. The molecule has 1 aromatic carbocycles. The zero-order chi connectivity index (χ0) is 14.4. The predicted octanol–water partition coefficient (Wildman–Crippen LogP) is 2.52. The molecule has 0 saturated carbocycles. The first kappa shape index (κ1) is 14.4. The molecular weight excluding hydrogens is 254 g/mol. The molecule has 0 saturated heterocycles. The molecule has 1 aliphatic rings. The summed E-state index contributed by atoms with van der Waals surface area (Å²) >= 11 is 0. The van der Waals surface area contributed by atoms with E-state index in [2.05, 4.69) is 5.32 Å². The van der Waals surface area contributed by atoms with Crippen molar-refractivity contribution in [2.24, 2.45) is 0 Å². The Morgan fingerprint density at radius 3 is 2.80 bits per heavy atom. The third-order valence-electron chi connectivity index (χ3n) is 3.41. The second kappa shape index (κ2) is 6.98. The zero-order valence-corrected chi connectivity index (χ0v) is 11.8. The number of hydrogen-bond donors (Lipinski definition) is 2. The van der Waals surface area contributed by atoms with Crippen molar-refractivity contribution in [3.05, 3.63) is 41.7 Å². The molecule has 0 unspecified atom stereocenters. The van der Waals surface area contributed by atoms with Crippen LogP contribution in [0.5, 0.6) is 5.75 Å². The van der Waals surface area contributed by atoms with E-state index < -0.39 is 0 Å².